The summed E-state index contributed by atoms with van der Waals surface area (Å²) in [7, 11) is 1.24. The van der Waals surface area contributed by atoms with Crippen molar-refractivity contribution < 1.29 is 28.7 Å². The van der Waals surface area contributed by atoms with Gasteiger partial charge in [0.1, 0.15) is 0 Å². The molecule has 164 valence electrons. The molecule has 0 saturated heterocycles. The van der Waals surface area contributed by atoms with Crippen LogP contribution in [0.15, 0.2) is 41.5 Å². The first kappa shape index (κ1) is 23.6. The topological polar surface area (TPSA) is 129 Å². The van der Waals surface area contributed by atoms with Crippen LogP contribution in [0, 0.1) is 10.1 Å². The van der Waals surface area contributed by atoms with E-state index in [1.165, 1.54) is 37.6 Å². The molecule has 0 aliphatic rings. The first-order chi connectivity index (χ1) is 14.8. The number of nitrogens with zero attached hydrogens (tertiary/aromatic N) is 2. The predicted molar refractivity (Wildman–Crippen MR) is 113 cm³/mol. The van der Waals surface area contributed by atoms with Crippen LogP contribution in [-0.4, -0.2) is 43.3 Å². The number of hydrazone groups is 1. The number of carbonyl (C=O) groups excluding carboxylic acids is 2. The van der Waals surface area contributed by atoms with Gasteiger partial charge in [-0.2, -0.15) is 5.10 Å². The van der Waals surface area contributed by atoms with Crippen molar-refractivity contribution in [1.82, 2.24) is 5.43 Å². The van der Waals surface area contributed by atoms with E-state index >= 15 is 0 Å². The number of rotatable bonds is 10. The summed E-state index contributed by atoms with van der Waals surface area (Å²) in [5.41, 5.74) is 2.93. The van der Waals surface area contributed by atoms with Gasteiger partial charge in [0.15, 0.2) is 18.1 Å². The SMILES string of the molecule is CCOc1cc(C=NNC(=O)Cc2ccccc2[N+](=O)[O-])cc(Cl)c1OCC(=O)OC. The zero-order valence-electron chi connectivity index (χ0n) is 16.8. The number of para-hydroxylation sites is 1. The summed E-state index contributed by atoms with van der Waals surface area (Å²) in [5, 5.41) is 15.0. The third-order valence-electron chi connectivity index (χ3n) is 3.84. The van der Waals surface area contributed by atoms with Crippen LogP contribution < -0.4 is 14.9 Å². The fourth-order valence-corrected chi connectivity index (χ4v) is 2.76. The smallest absolute Gasteiger partial charge is 0.343 e. The van der Waals surface area contributed by atoms with Crippen LogP contribution in [0.3, 0.4) is 0 Å². The number of nitrogens with one attached hydrogen (secondary N) is 1. The lowest BCUT2D eigenvalue weighted by Crippen LogP contribution is -2.20. The van der Waals surface area contributed by atoms with Crippen LogP contribution in [-0.2, 0) is 20.7 Å². The Labute approximate surface area is 182 Å². The number of hydrogen-bond acceptors (Lipinski definition) is 8. The van der Waals surface area contributed by atoms with Gasteiger partial charge in [-0.25, -0.2) is 10.2 Å². The maximum atomic E-state index is 12.1. The van der Waals surface area contributed by atoms with Gasteiger partial charge >= 0.3 is 5.97 Å². The molecule has 0 bridgehead atoms. The van der Waals surface area contributed by atoms with Crippen molar-refractivity contribution in [2.75, 3.05) is 20.3 Å². The Morgan fingerprint density at radius 1 is 1.26 bits per heavy atom. The van der Waals surface area contributed by atoms with E-state index in [-0.39, 0.29) is 40.8 Å². The minimum Gasteiger partial charge on any atom is -0.490 e. The Hall–Kier alpha value is -3.66. The first-order valence-electron chi connectivity index (χ1n) is 9.05. The van der Waals surface area contributed by atoms with Crippen LogP contribution in [0.2, 0.25) is 5.02 Å². The highest BCUT2D eigenvalue weighted by atomic mass is 35.5. The number of ether oxygens (including phenoxy) is 3. The fraction of sp³-hybridized carbons (Fsp3) is 0.250. The van der Waals surface area contributed by atoms with Gasteiger partial charge in [0, 0.05) is 11.6 Å². The molecule has 0 saturated carbocycles. The number of esters is 1. The van der Waals surface area contributed by atoms with Crippen molar-refractivity contribution >= 4 is 35.4 Å². The zero-order chi connectivity index (χ0) is 22.8. The molecule has 0 unspecified atom stereocenters. The van der Waals surface area contributed by atoms with Crippen molar-refractivity contribution in [3.8, 4) is 11.5 Å². The minimum absolute atomic E-state index is 0.141. The molecule has 1 N–H and O–H groups in total. The zero-order valence-corrected chi connectivity index (χ0v) is 17.5. The Morgan fingerprint density at radius 2 is 2.00 bits per heavy atom. The first-order valence-corrected chi connectivity index (χ1v) is 9.43. The number of hydrogen-bond donors (Lipinski definition) is 1. The largest absolute Gasteiger partial charge is 0.490 e. The number of halogens is 1. The van der Waals surface area contributed by atoms with Crippen LogP contribution in [0.4, 0.5) is 5.69 Å². The van der Waals surface area contributed by atoms with E-state index in [0.717, 1.165) is 0 Å². The van der Waals surface area contributed by atoms with Crippen molar-refractivity contribution in [2.24, 2.45) is 5.10 Å². The van der Waals surface area contributed by atoms with E-state index in [9.17, 15) is 19.7 Å². The lowest BCUT2D eigenvalue weighted by molar-refractivity contribution is -0.385. The molecule has 10 nitrogen and oxygen atoms in total. The quantitative estimate of drug-likeness (QED) is 0.255. The van der Waals surface area contributed by atoms with Crippen molar-refractivity contribution in [3.05, 3.63) is 62.7 Å². The van der Waals surface area contributed by atoms with Gasteiger partial charge in [-0.1, -0.05) is 29.8 Å². The molecule has 2 aromatic rings. The Bertz CT molecular complexity index is 995. The molecule has 2 aromatic carbocycles. The maximum Gasteiger partial charge on any atom is 0.343 e. The number of benzene rings is 2. The molecule has 0 heterocycles. The standard InChI is InChI=1S/C20H20ClN3O7/c1-3-30-17-9-13(8-15(21)20(17)31-12-19(26)29-2)11-22-23-18(25)10-14-6-4-5-7-16(14)24(27)28/h4-9,11H,3,10,12H2,1-2H3,(H,23,25). The fourth-order valence-electron chi connectivity index (χ4n) is 2.49. The summed E-state index contributed by atoms with van der Waals surface area (Å²) in [6, 6.07) is 9.04. The van der Waals surface area contributed by atoms with Gasteiger partial charge < -0.3 is 14.2 Å². The normalized spacial score (nSPS) is 10.5. The van der Waals surface area contributed by atoms with E-state index in [1.54, 1.807) is 19.1 Å². The van der Waals surface area contributed by atoms with E-state index in [1.807, 2.05) is 0 Å². The second kappa shape index (κ2) is 11.5. The summed E-state index contributed by atoms with van der Waals surface area (Å²) in [5.74, 6) is -0.650. The minimum atomic E-state index is -0.578. The third kappa shape index (κ3) is 6.96. The summed E-state index contributed by atoms with van der Waals surface area (Å²) in [4.78, 5) is 33.9. The molecule has 0 aromatic heterocycles. The second-order valence-electron chi connectivity index (χ2n) is 5.98. The van der Waals surface area contributed by atoms with Gasteiger partial charge in [-0.15, -0.1) is 0 Å². The molecule has 0 radical (unpaired) electrons. The van der Waals surface area contributed by atoms with Gasteiger partial charge in [0.25, 0.3) is 5.69 Å². The Kier molecular flexibility index (Phi) is 8.77. The van der Waals surface area contributed by atoms with Gasteiger partial charge in [-0.05, 0) is 24.6 Å². The molecule has 2 rings (SSSR count). The molecular formula is C20H20ClN3O7. The molecule has 31 heavy (non-hydrogen) atoms. The number of methoxy groups -OCH3 is 1. The van der Waals surface area contributed by atoms with Gasteiger partial charge in [-0.3, -0.25) is 14.9 Å². The average Bonchev–Trinajstić information content (AvgIpc) is 2.73. The second-order valence-corrected chi connectivity index (χ2v) is 6.39. The molecular weight excluding hydrogens is 430 g/mol. The molecule has 1 amide bonds. The number of carbonyl (C=O) groups is 2. The van der Waals surface area contributed by atoms with E-state index in [4.69, 9.17) is 21.1 Å². The third-order valence-corrected chi connectivity index (χ3v) is 4.12. The highest BCUT2D eigenvalue weighted by Crippen LogP contribution is 2.36. The maximum absolute atomic E-state index is 12.1. The summed E-state index contributed by atoms with van der Waals surface area (Å²) < 4.78 is 15.4. The summed E-state index contributed by atoms with van der Waals surface area (Å²) >= 11 is 6.22. The molecule has 0 fully saturated rings. The van der Waals surface area contributed by atoms with Crippen LogP contribution in [0.5, 0.6) is 11.5 Å². The van der Waals surface area contributed by atoms with Crippen molar-refractivity contribution in [2.45, 2.75) is 13.3 Å². The molecule has 11 heteroatoms. The molecule has 0 spiro atoms. The Morgan fingerprint density at radius 3 is 2.68 bits per heavy atom. The van der Waals surface area contributed by atoms with Crippen molar-refractivity contribution in [3.63, 3.8) is 0 Å². The van der Waals surface area contributed by atoms with Crippen LogP contribution in [0.25, 0.3) is 0 Å². The highest BCUT2D eigenvalue weighted by Gasteiger charge is 2.16. The van der Waals surface area contributed by atoms with Crippen LogP contribution in [0.1, 0.15) is 18.1 Å². The lowest BCUT2D eigenvalue weighted by Gasteiger charge is -2.13. The van der Waals surface area contributed by atoms with Gasteiger partial charge in [0.2, 0.25) is 5.91 Å². The van der Waals surface area contributed by atoms with E-state index in [0.29, 0.717) is 12.2 Å². The molecule has 0 aliphatic heterocycles. The van der Waals surface area contributed by atoms with Crippen LogP contribution >= 0.6 is 11.6 Å². The Balaban J connectivity index is 2.09. The van der Waals surface area contributed by atoms with E-state index in [2.05, 4.69) is 15.3 Å². The molecule has 0 atom stereocenters. The number of nitro benzene ring substituents is 1. The highest BCUT2D eigenvalue weighted by molar-refractivity contribution is 6.32. The monoisotopic (exact) mass is 449 g/mol. The average molecular weight is 450 g/mol. The van der Waals surface area contributed by atoms with Gasteiger partial charge in [0.05, 0.1) is 36.3 Å². The lowest BCUT2D eigenvalue weighted by atomic mass is 10.1. The van der Waals surface area contributed by atoms with Crippen molar-refractivity contribution in [1.29, 1.82) is 0 Å². The van der Waals surface area contributed by atoms with E-state index < -0.39 is 16.8 Å². The molecule has 0 aliphatic carbocycles. The summed E-state index contributed by atoms with van der Waals surface area (Å²) in [6.45, 7) is 1.74. The number of amides is 1. The predicted octanol–water partition coefficient (Wildman–Crippen LogP) is 2.89. The number of nitro groups is 1. The summed E-state index contributed by atoms with van der Waals surface area (Å²) in [6.07, 6.45) is 1.12.